The summed E-state index contributed by atoms with van der Waals surface area (Å²) in [7, 11) is 0. The second kappa shape index (κ2) is 6.59. The van der Waals surface area contributed by atoms with Crippen molar-refractivity contribution in [3.05, 3.63) is 36.2 Å². The molecule has 24 heavy (non-hydrogen) atoms. The molecule has 0 saturated carbocycles. The molecule has 0 amide bonds. The van der Waals surface area contributed by atoms with Crippen molar-refractivity contribution in [2.75, 3.05) is 11.9 Å². The van der Waals surface area contributed by atoms with E-state index in [1.807, 2.05) is 36.0 Å². The van der Waals surface area contributed by atoms with E-state index in [0.717, 1.165) is 49.0 Å². The van der Waals surface area contributed by atoms with Gasteiger partial charge in [-0.15, -0.1) is 15.3 Å². The highest BCUT2D eigenvalue weighted by Gasteiger charge is 2.21. The van der Waals surface area contributed by atoms with Gasteiger partial charge >= 0.3 is 0 Å². The molecule has 3 heterocycles. The molecule has 0 unspecified atom stereocenters. The Hall–Kier alpha value is -2.44. The van der Waals surface area contributed by atoms with E-state index < -0.39 is 0 Å². The van der Waals surface area contributed by atoms with Crippen LogP contribution in [0.25, 0.3) is 5.65 Å². The molecule has 0 aliphatic heterocycles. The molecule has 0 aliphatic rings. The van der Waals surface area contributed by atoms with E-state index in [1.54, 1.807) is 0 Å². The summed E-state index contributed by atoms with van der Waals surface area (Å²) in [6.45, 7) is 10.3. The monoisotopic (exact) mass is 327 g/mol. The summed E-state index contributed by atoms with van der Waals surface area (Å²) in [6, 6.07) is 3.91. The lowest BCUT2D eigenvalue weighted by molar-refractivity contribution is 0.527. The molecule has 3 aromatic rings. The molecule has 0 aliphatic carbocycles. The Balaban J connectivity index is 1.56. The van der Waals surface area contributed by atoms with Crippen LogP contribution >= 0.6 is 0 Å². The Morgan fingerprint density at radius 3 is 2.67 bits per heavy atom. The zero-order valence-corrected chi connectivity index (χ0v) is 14.8. The fourth-order valence-electron chi connectivity index (χ4n) is 2.61. The van der Waals surface area contributed by atoms with Crippen molar-refractivity contribution in [3.63, 3.8) is 0 Å². The maximum absolute atomic E-state index is 4.63. The predicted molar refractivity (Wildman–Crippen MR) is 94.2 cm³/mol. The summed E-state index contributed by atoms with van der Waals surface area (Å²) in [4.78, 5) is 4.24. The molecule has 3 rings (SSSR count). The highest BCUT2D eigenvalue weighted by molar-refractivity contribution is 5.44. The van der Waals surface area contributed by atoms with Crippen LogP contribution in [0.15, 0.2) is 24.5 Å². The van der Waals surface area contributed by atoms with Crippen LogP contribution < -0.4 is 5.32 Å². The molecule has 0 radical (unpaired) electrons. The van der Waals surface area contributed by atoms with E-state index in [0.29, 0.717) is 0 Å². The largest absolute Gasteiger partial charge is 0.369 e. The van der Waals surface area contributed by atoms with Gasteiger partial charge in [0.1, 0.15) is 11.6 Å². The summed E-state index contributed by atoms with van der Waals surface area (Å²) < 4.78 is 4.01. The van der Waals surface area contributed by atoms with Gasteiger partial charge in [0, 0.05) is 30.9 Å². The second-order valence-corrected chi connectivity index (χ2v) is 7.06. The van der Waals surface area contributed by atoms with Crippen LogP contribution in [0.3, 0.4) is 0 Å². The lowest BCUT2D eigenvalue weighted by atomic mass is 9.96. The van der Waals surface area contributed by atoms with Gasteiger partial charge in [-0.3, -0.25) is 0 Å². The van der Waals surface area contributed by atoms with Gasteiger partial charge in [-0.05, 0) is 31.9 Å². The highest BCUT2D eigenvalue weighted by atomic mass is 15.4. The topological polar surface area (TPSA) is 72.9 Å². The summed E-state index contributed by atoms with van der Waals surface area (Å²) in [5.41, 5.74) is 0.689. The minimum Gasteiger partial charge on any atom is -0.369 e. The van der Waals surface area contributed by atoms with E-state index in [2.05, 4.69) is 50.9 Å². The molecular weight excluding hydrogens is 302 g/mol. The van der Waals surface area contributed by atoms with Gasteiger partial charge in [0.05, 0.1) is 0 Å². The average Bonchev–Trinajstić information content (AvgIpc) is 3.12. The Morgan fingerprint density at radius 2 is 1.96 bits per heavy atom. The SMILES string of the molecule is Cc1nccn1CCCCNc1ccc2nnc(C(C)(C)C)n2n1. The Morgan fingerprint density at radius 1 is 1.12 bits per heavy atom. The molecule has 128 valence electrons. The quantitative estimate of drug-likeness (QED) is 0.705. The number of nitrogens with one attached hydrogen (secondary N) is 1. The highest BCUT2D eigenvalue weighted by Crippen LogP contribution is 2.20. The second-order valence-electron chi connectivity index (χ2n) is 7.06. The van der Waals surface area contributed by atoms with Crippen molar-refractivity contribution in [2.24, 2.45) is 0 Å². The lowest BCUT2D eigenvalue weighted by Gasteiger charge is -2.15. The van der Waals surface area contributed by atoms with Crippen LogP contribution in [-0.4, -0.2) is 35.9 Å². The van der Waals surface area contributed by atoms with Gasteiger partial charge in [-0.2, -0.15) is 4.52 Å². The van der Waals surface area contributed by atoms with Crippen LogP contribution in [0.2, 0.25) is 0 Å². The zero-order chi connectivity index (χ0) is 17.2. The Kier molecular flexibility index (Phi) is 4.51. The van der Waals surface area contributed by atoms with Gasteiger partial charge in [0.25, 0.3) is 0 Å². The first-order valence-corrected chi connectivity index (χ1v) is 8.40. The number of nitrogens with zero attached hydrogens (tertiary/aromatic N) is 6. The van der Waals surface area contributed by atoms with Gasteiger partial charge in [-0.1, -0.05) is 20.8 Å². The summed E-state index contributed by atoms with van der Waals surface area (Å²) in [6.07, 6.45) is 6.05. The fraction of sp³-hybridized carbons (Fsp3) is 0.529. The molecular formula is C17H25N7. The summed E-state index contributed by atoms with van der Waals surface area (Å²) in [5, 5.41) is 16.5. The molecule has 0 atom stereocenters. The number of hydrogen-bond donors (Lipinski definition) is 1. The maximum atomic E-state index is 4.63. The number of aromatic nitrogens is 6. The van der Waals surface area contributed by atoms with Crippen molar-refractivity contribution >= 4 is 11.5 Å². The summed E-state index contributed by atoms with van der Waals surface area (Å²) >= 11 is 0. The molecule has 7 nitrogen and oxygen atoms in total. The molecule has 3 aromatic heterocycles. The first-order chi connectivity index (χ1) is 11.4. The first kappa shape index (κ1) is 16.4. The molecule has 0 bridgehead atoms. The first-order valence-electron chi connectivity index (χ1n) is 8.40. The molecule has 1 N–H and O–H groups in total. The molecule has 7 heteroatoms. The van der Waals surface area contributed by atoms with E-state index in [1.165, 1.54) is 0 Å². The van der Waals surface area contributed by atoms with Crippen molar-refractivity contribution in [1.29, 1.82) is 0 Å². The smallest absolute Gasteiger partial charge is 0.178 e. The molecule has 0 fully saturated rings. The van der Waals surface area contributed by atoms with E-state index in [-0.39, 0.29) is 5.41 Å². The number of hydrogen-bond acceptors (Lipinski definition) is 5. The minimum atomic E-state index is -0.0896. The third-order valence-electron chi connectivity index (χ3n) is 3.99. The Bertz CT molecular complexity index is 810. The third kappa shape index (κ3) is 3.55. The average molecular weight is 327 g/mol. The number of rotatable bonds is 6. The number of aryl methyl sites for hydroxylation is 2. The van der Waals surface area contributed by atoms with Crippen LogP contribution in [0, 0.1) is 6.92 Å². The van der Waals surface area contributed by atoms with Crippen molar-refractivity contribution in [1.82, 2.24) is 29.4 Å². The molecule has 0 spiro atoms. The van der Waals surface area contributed by atoms with Crippen LogP contribution in [-0.2, 0) is 12.0 Å². The van der Waals surface area contributed by atoms with Crippen LogP contribution in [0.5, 0.6) is 0 Å². The third-order valence-corrected chi connectivity index (χ3v) is 3.99. The van der Waals surface area contributed by atoms with E-state index >= 15 is 0 Å². The predicted octanol–water partition coefficient (Wildman–Crippen LogP) is 2.82. The van der Waals surface area contributed by atoms with Gasteiger partial charge < -0.3 is 9.88 Å². The van der Waals surface area contributed by atoms with Gasteiger partial charge in [0.15, 0.2) is 11.5 Å². The van der Waals surface area contributed by atoms with Crippen molar-refractivity contribution in [2.45, 2.75) is 52.5 Å². The molecule has 0 aromatic carbocycles. The van der Waals surface area contributed by atoms with Crippen LogP contribution in [0.4, 0.5) is 5.82 Å². The minimum absolute atomic E-state index is 0.0896. The zero-order valence-electron chi connectivity index (χ0n) is 14.8. The van der Waals surface area contributed by atoms with E-state index in [4.69, 9.17) is 0 Å². The molecule has 0 saturated heterocycles. The lowest BCUT2D eigenvalue weighted by Crippen LogP contribution is -2.17. The maximum Gasteiger partial charge on any atom is 0.178 e. The van der Waals surface area contributed by atoms with Crippen molar-refractivity contribution < 1.29 is 0 Å². The number of fused-ring (bicyclic) bond motifs is 1. The van der Waals surface area contributed by atoms with Crippen molar-refractivity contribution in [3.8, 4) is 0 Å². The number of anilines is 1. The van der Waals surface area contributed by atoms with Gasteiger partial charge in [0.2, 0.25) is 0 Å². The Labute approximate surface area is 142 Å². The summed E-state index contributed by atoms with van der Waals surface area (Å²) in [5.74, 6) is 2.79. The number of imidazole rings is 1. The normalized spacial score (nSPS) is 12.0. The van der Waals surface area contributed by atoms with Crippen LogP contribution in [0.1, 0.15) is 45.3 Å². The van der Waals surface area contributed by atoms with Gasteiger partial charge in [-0.25, -0.2) is 4.98 Å². The standard InChI is InChI=1S/C17H25N7/c1-13-18-10-12-23(13)11-6-5-9-19-14-7-8-15-20-21-16(17(2,3)4)24(15)22-14/h7-8,10,12H,5-6,9,11H2,1-4H3,(H,19,22). The fourth-order valence-corrected chi connectivity index (χ4v) is 2.61. The number of unbranched alkanes of at least 4 members (excludes halogenated alkanes) is 1. The van der Waals surface area contributed by atoms with E-state index in [9.17, 15) is 0 Å².